The first-order valence-corrected chi connectivity index (χ1v) is 2.81. The molecule has 1 heterocycles. The Balaban J connectivity index is 2.55. The average Bonchev–Trinajstić information content (AvgIpc) is 1.62. The second-order valence-corrected chi connectivity index (χ2v) is 2.72. The Kier molecular flexibility index (Phi) is 1.20. The zero-order chi connectivity index (χ0) is 7.07. The summed E-state index contributed by atoms with van der Waals surface area (Å²) in [6, 6.07) is -0.502. The molecule has 0 radical (unpaired) electrons. The van der Waals surface area contributed by atoms with Crippen molar-refractivity contribution in [3.63, 3.8) is 0 Å². The molecule has 0 aromatic heterocycles. The molecule has 1 unspecified atom stereocenters. The van der Waals surface area contributed by atoms with Gasteiger partial charge in [-0.1, -0.05) is 0 Å². The molecular weight excluding hydrogens is 122 g/mol. The van der Waals surface area contributed by atoms with E-state index >= 15 is 0 Å². The number of nitro groups is 1. The number of ether oxygens (including phenoxy) is 1. The standard InChI is InChI=1S/C5H9NO3/c1-5(2)4(3-9-5)6(7)8/h4H,3H2,1-2H3. The molecule has 9 heavy (non-hydrogen) atoms. The van der Waals surface area contributed by atoms with Crippen molar-refractivity contribution in [2.75, 3.05) is 6.61 Å². The molecule has 1 rings (SSSR count). The number of hydrogen-bond acceptors (Lipinski definition) is 3. The average molecular weight is 131 g/mol. The van der Waals surface area contributed by atoms with E-state index in [-0.39, 0.29) is 11.5 Å². The van der Waals surface area contributed by atoms with E-state index in [2.05, 4.69) is 0 Å². The van der Waals surface area contributed by atoms with Crippen LogP contribution in [0, 0.1) is 10.1 Å². The molecule has 1 atom stereocenters. The predicted octanol–water partition coefficient (Wildman–Crippen LogP) is 0.440. The van der Waals surface area contributed by atoms with Crippen LogP contribution in [0.25, 0.3) is 0 Å². The van der Waals surface area contributed by atoms with E-state index in [0.717, 1.165) is 0 Å². The van der Waals surface area contributed by atoms with Crippen molar-refractivity contribution in [2.24, 2.45) is 0 Å². The first kappa shape index (κ1) is 6.48. The molecule has 0 aromatic carbocycles. The van der Waals surface area contributed by atoms with E-state index in [1.807, 2.05) is 0 Å². The zero-order valence-electron chi connectivity index (χ0n) is 5.46. The van der Waals surface area contributed by atoms with E-state index in [1.54, 1.807) is 13.8 Å². The Hall–Kier alpha value is -0.640. The van der Waals surface area contributed by atoms with Gasteiger partial charge in [0.15, 0.2) is 0 Å². The van der Waals surface area contributed by atoms with E-state index < -0.39 is 11.6 Å². The fourth-order valence-corrected chi connectivity index (χ4v) is 0.806. The molecule has 1 aliphatic rings. The minimum Gasteiger partial charge on any atom is -0.361 e. The SMILES string of the molecule is CC1(C)OCC1[N+](=O)[O-]. The summed E-state index contributed by atoms with van der Waals surface area (Å²) in [6.07, 6.45) is 0. The van der Waals surface area contributed by atoms with Gasteiger partial charge in [-0.05, 0) is 13.8 Å². The third-order valence-electron chi connectivity index (χ3n) is 1.67. The Morgan fingerprint density at radius 3 is 2.33 bits per heavy atom. The van der Waals surface area contributed by atoms with Gasteiger partial charge >= 0.3 is 0 Å². The maximum Gasteiger partial charge on any atom is 0.263 e. The molecule has 0 saturated carbocycles. The quantitative estimate of drug-likeness (QED) is 0.383. The summed E-state index contributed by atoms with van der Waals surface area (Å²) in [5.41, 5.74) is -0.538. The van der Waals surface area contributed by atoms with Gasteiger partial charge in [0.1, 0.15) is 12.2 Å². The van der Waals surface area contributed by atoms with Crippen molar-refractivity contribution in [3.05, 3.63) is 10.1 Å². The maximum atomic E-state index is 10.1. The van der Waals surface area contributed by atoms with Crippen LogP contribution in [0.4, 0.5) is 0 Å². The number of rotatable bonds is 1. The predicted molar refractivity (Wildman–Crippen MR) is 30.8 cm³/mol. The van der Waals surface area contributed by atoms with Crippen molar-refractivity contribution in [2.45, 2.75) is 25.5 Å². The van der Waals surface area contributed by atoms with Gasteiger partial charge in [-0.2, -0.15) is 0 Å². The summed E-state index contributed by atoms with van der Waals surface area (Å²) < 4.78 is 4.95. The molecule has 1 fully saturated rings. The van der Waals surface area contributed by atoms with Crippen molar-refractivity contribution >= 4 is 0 Å². The van der Waals surface area contributed by atoms with Crippen LogP contribution in [0.3, 0.4) is 0 Å². The maximum absolute atomic E-state index is 10.1. The lowest BCUT2D eigenvalue weighted by Gasteiger charge is -2.37. The molecule has 0 amide bonds. The van der Waals surface area contributed by atoms with Crippen molar-refractivity contribution in [3.8, 4) is 0 Å². The topological polar surface area (TPSA) is 52.4 Å². The van der Waals surface area contributed by atoms with Crippen LogP contribution < -0.4 is 0 Å². The summed E-state index contributed by atoms with van der Waals surface area (Å²) in [6.45, 7) is 3.72. The van der Waals surface area contributed by atoms with E-state index in [4.69, 9.17) is 4.74 Å². The molecule has 1 saturated heterocycles. The van der Waals surface area contributed by atoms with Gasteiger partial charge in [0.25, 0.3) is 6.04 Å². The molecule has 1 aliphatic heterocycles. The van der Waals surface area contributed by atoms with Crippen LogP contribution in [-0.4, -0.2) is 23.2 Å². The molecule has 0 spiro atoms. The van der Waals surface area contributed by atoms with E-state index in [0.29, 0.717) is 0 Å². The fourth-order valence-electron chi connectivity index (χ4n) is 0.806. The number of nitrogens with zero attached hydrogens (tertiary/aromatic N) is 1. The minimum atomic E-state index is -0.538. The summed E-state index contributed by atoms with van der Waals surface area (Å²) in [5, 5.41) is 10.1. The van der Waals surface area contributed by atoms with Gasteiger partial charge < -0.3 is 4.74 Å². The summed E-state index contributed by atoms with van der Waals surface area (Å²) in [7, 11) is 0. The lowest BCUT2D eigenvalue weighted by atomic mass is 9.94. The Labute approximate surface area is 53.0 Å². The van der Waals surface area contributed by atoms with Crippen molar-refractivity contribution in [1.29, 1.82) is 0 Å². The summed E-state index contributed by atoms with van der Waals surface area (Å²) >= 11 is 0. The van der Waals surface area contributed by atoms with Gasteiger partial charge in [-0.3, -0.25) is 10.1 Å². The van der Waals surface area contributed by atoms with Gasteiger partial charge in [-0.25, -0.2) is 0 Å². The molecule has 0 N–H and O–H groups in total. The molecular formula is C5H9NO3. The Morgan fingerprint density at radius 2 is 2.33 bits per heavy atom. The third kappa shape index (κ3) is 0.896. The molecule has 0 aromatic rings. The van der Waals surface area contributed by atoms with E-state index in [1.165, 1.54) is 0 Å². The van der Waals surface area contributed by atoms with E-state index in [9.17, 15) is 10.1 Å². The van der Waals surface area contributed by atoms with Crippen LogP contribution in [-0.2, 0) is 4.74 Å². The van der Waals surface area contributed by atoms with Crippen LogP contribution in [0.5, 0.6) is 0 Å². The third-order valence-corrected chi connectivity index (χ3v) is 1.67. The van der Waals surface area contributed by atoms with Crippen LogP contribution >= 0.6 is 0 Å². The summed E-state index contributed by atoms with van der Waals surface area (Å²) in [4.78, 5) is 9.83. The second kappa shape index (κ2) is 1.67. The van der Waals surface area contributed by atoms with Gasteiger partial charge in [0.05, 0.1) is 0 Å². The van der Waals surface area contributed by atoms with Gasteiger partial charge in [-0.15, -0.1) is 0 Å². The Morgan fingerprint density at radius 1 is 1.78 bits per heavy atom. The van der Waals surface area contributed by atoms with Crippen LogP contribution in [0.15, 0.2) is 0 Å². The van der Waals surface area contributed by atoms with Crippen LogP contribution in [0.2, 0.25) is 0 Å². The second-order valence-electron chi connectivity index (χ2n) is 2.72. The lowest BCUT2D eigenvalue weighted by molar-refractivity contribution is -0.579. The lowest BCUT2D eigenvalue weighted by Crippen LogP contribution is -2.57. The largest absolute Gasteiger partial charge is 0.361 e. The first-order valence-electron chi connectivity index (χ1n) is 2.81. The van der Waals surface area contributed by atoms with Crippen molar-refractivity contribution in [1.82, 2.24) is 0 Å². The minimum absolute atomic E-state index is 0.264. The monoisotopic (exact) mass is 131 g/mol. The first-order chi connectivity index (χ1) is 4.04. The molecule has 4 nitrogen and oxygen atoms in total. The Bertz CT molecular complexity index is 143. The normalized spacial score (nSPS) is 31.1. The highest BCUT2D eigenvalue weighted by molar-refractivity contribution is 4.87. The highest BCUT2D eigenvalue weighted by Crippen LogP contribution is 2.27. The molecule has 0 bridgehead atoms. The van der Waals surface area contributed by atoms with Gasteiger partial charge in [0.2, 0.25) is 0 Å². The highest BCUT2D eigenvalue weighted by atomic mass is 16.6. The molecule has 0 aliphatic carbocycles. The van der Waals surface area contributed by atoms with Crippen molar-refractivity contribution < 1.29 is 9.66 Å². The number of hydrogen-bond donors (Lipinski definition) is 0. The molecule has 4 heteroatoms. The smallest absolute Gasteiger partial charge is 0.263 e. The molecule has 52 valence electrons. The van der Waals surface area contributed by atoms with Gasteiger partial charge in [0, 0.05) is 4.92 Å². The van der Waals surface area contributed by atoms with Crippen LogP contribution in [0.1, 0.15) is 13.8 Å². The summed E-state index contributed by atoms with van der Waals surface area (Å²) in [5.74, 6) is 0. The highest BCUT2D eigenvalue weighted by Gasteiger charge is 2.49. The fraction of sp³-hybridized carbons (Fsp3) is 1.00. The zero-order valence-corrected chi connectivity index (χ0v) is 5.46.